The molecule has 0 aliphatic carbocycles. The highest BCUT2D eigenvalue weighted by Crippen LogP contribution is 2.38. The molecule has 0 amide bonds. The van der Waals surface area contributed by atoms with Crippen LogP contribution in [0, 0.1) is 17.5 Å². The van der Waals surface area contributed by atoms with Crippen LogP contribution in [0.4, 0.5) is 13.2 Å². The van der Waals surface area contributed by atoms with Crippen molar-refractivity contribution in [3.8, 4) is 11.1 Å². The Morgan fingerprint density at radius 2 is 1.50 bits per heavy atom. The van der Waals surface area contributed by atoms with E-state index in [2.05, 4.69) is 6.92 Å². The van der Waals surface area contributed by atoms with Gasteiger partial charge in [-0.2, -0.15) is 0 Å². The Morgan fingerprint density at radius 1 is 0.794 bits per heavy atom. The number of halogens is 3. The fraction of sp³-hybridized carbons (Fsp3) is 0.400. The molecule has 0 atom stereocenters. The van der Waals surface area contributed by atoms with Crippen LogP contribution in [0.5, 0.6) is 0 Å². The molecule has 1 radical (unpaired) electrons. The van der Waals surface area contributed by atoms with Crippen molar-refractivity contribution in [2.75, 3.05) is 0 Å². The molecule has 3 aromatic carbocycles. The van der Waals surface area contributed by atoms with E-state index in [1.54, 1.807) is 6.07 Å². The third-order valence-corrected chi connectivity index (χ3v) is 10.3. The van der Waals surface area contributed by atoms with Crippen LogP contribution in [-0.4, -0.2) is 8.80 Å². The second kappa shape index (κ2) is 11.9. The van der Waals surface area contributed by atoms with Crippen LogP contribution >= 0.6 is 0 Å². The average Bonchev–Trinajstić information content (AvgIpc) is 2.86. The zero-order chi connectivity index (χ0) is 23.9. The van der Waals surface area contributed by atoms with Gasteiger partial charge in [0.2, 0.25) is 0 Å². The van der Waals surface area contributed by atoms with Crippen LogP contribution in [0.3, 0.4) is 0 Å². The summed E-state index contributed by atoms with van der Waals surface area (Å²) in [7, 11) is -0.231. The summed E-state index contributed by atoms with van der Waals surface area (Å²) in [6.07, 6.45) is 7.61. The predicted octanol–water partition coefficient (Wildman–Crippen LogP) is 9.12. The van der Waals surface area contributed by atoms with Crippen LogP contribution in [0.25, 0.3) is 11.1 Å². The molecule has 3 aromatic rings. The maximum atomic E-state index is 15.6. The number of rotatable bonds is 9. The second-order valence-corrected chi connectivity index (χ2v) is 12.6. The summed E-state index contributed by atoms with van der Waals surface area (Å²) < 4.78 is 42.1. The van der Waals surface area contributed by atoms with Gasteiger partial charge in [-0.1, -0.05) is 92.8 Å². The van der Waals surface area contributed by atoms with E-state index in [4.69, 9.17) is 0 Å². The van der Waals surface area contributed by atoms with Crippen molar-refractivity contribution in [3.05, 3.63) is 94.8 Å². The molecule has 0 unspecified atom stereocenters. The molecule has 4 rings (SSSR count). The van der Waals surface area contributed by atoms with Gasteiger partial charge in [-0.15, -0.1) is 0 Å². The molecular formula is C30H34F3Si. The molecule has 179 valence electrons. The minimum Gasteiger partial charge on any atom is -0.206 e. The Kier molecular flexibility index (Phi) is 8.66. The number of aryl methyl sites for hydroxylation is 2. The predicted molar refractivity (Wildman–Crippen MR) is 137 cm³/mol. The smallest absolute Gasteiger partial charge is 0.159 e. The zero-order valence-electron chi connectivity index (χ0n) is 20.1. The lowest BCUT2D eigenvalue weighted by molar-refractivity contribution is 0.507. The van der Waals surface area contributed by atoms with E-state index in [9.17, 15) is 8.78 Å². The van der Waals surface area contributed by atoms with Gasteiger partial charge in [-0.25, -0.2) is 13.2 Å². The van der Waals surface area contributed by atoms with Crippen molar-refractivity contribution in [2.24, 2.45) is 0 Å². The summed E-state index contributed by atoms with van der Waals surface area (Å²) >= 11 is 0. The summed E-state index contributed by atoms with van der Waals surface area (Å²) in [5, 5.41) is 0. The largest absolute Gasteiger partial charge is 0.206 e. The van der Waals surface area contributed by atoms with Crippen LogP contribution in [-0.2, 0) is 12.8 Å². The molecule has 1 aliphatic rings. The molecule has 0 spiro atoms. The Balaban J connectivity index is 1.39. The quantitative estimate of drug-likeness (QED) is 0.212. The molecule has 34 heavy (non-hydrogen) atoms. The minimum absolute atomic E-state index is 0.0660. The monoisotopic (exact) mass is 479 g/mol. The lowest BCUT2D eigenvalue weighted by Crippen LogP contribution is -2.20. The number of hydrogen-bond acceptors (Lipinski definition) is 0. The highest BCUT2D eigenvalue weighted by Gasteiger charge is 2.26. The molecule has 4 heteroatoms. The van der Waals surface area contributed by atoms with Crippen molar-refractivity contribution >= 4 is 8.80 Å². The van der Waals surface area contributed by atoms with Crippen molar-refractivity contribution < 1.29 is 13.2 Å². The Labute approximate surface area is 203 Å². The van der Waals surface area contributed by atoms with Crippen LogP contribution < -0.4 is 0 Å². The molecular weight excluding hydrogens is 445 g/mol. The number of benzene rings is 3. The molecule has 1 heterocycles. The summed E-state index contributed by atoms with van der Waals surface area (Å²) in [6.45, 7) is 2.26. The van der Waals surface area contributed by atoms with E-state index in [-0.39, 0.29) is 14.6 Å². The van der Waals surface area contributed by atoms with Crippen LogP contribution in [0.1, 0.15) is 61.6 Å². The molecule has 0 N–H and O–H groups in total. The first-order valence-electron chi connectivity index (χ1n) is 12.7. The van der Waals surface area contributed by atoms with E-state index in [0.29, 0.717) is 17.9 Å². The third-order valence-electron chi connectivity index (χ3n) is 7.25. The molecule has 1 saturated heterocycles. The van der Waals surface area contributed by atoms with E-state index in [0.717, 1.165) is 41.5 Å². The number of unbranched alkanes of at least 4 members (excludes halogenated alkanes) is 2. The third kappa shape index (κ3) is 6.21. The van der Waals surface area contributed by atoms with Gasteiger partial charge in [-0.05, 0) is 66.0 Å². The zero-order valence-corrected chi connectivity index (χ0v) is 21.1. The normalized spacial score (nSPS) is 15.1. The lowest BCUT2D eigenvalue weighted by Gasteiger charge is -2.28. The van der Waals surface area contributed by atoms with Gasteiger partial charge in [0, 0.05) is 14.4 Å². The van der Waals surface area contributed by atoms with Crippen molar-refractivity contribution in [2.45, 2.75) is 75.9 Å². The summed E-state index contributed by atoms with van der Waals surface area (Å²) in [4.78, 5) is 0. The first kappa shape index (κ1) is 24.8. The van der Waals surface area contributed by atoms with Crippen LogP contribution in [0.2, 0.25) is 18.1 Å². The molecule has 0 nitrogen and oxygen atoms in total. The van der Waals surface area contributed by atoms with Gasteiger partial charge < -0.3 is 0 Å². The second-order valence-electron chi connectivity index (χ2n) is 9.64. The van der Waals surface area contributed by atoms with Crippen molar-refractivity contribution in [1.29, 1.82) is 0 Å². The van der Waals surface area contributed by atoms with Gasteiger partial charge in [-0.3, -0.25) is 0 Å². The Bertz CT molecular complexity index is 1070. The topological polar surface area (TPSA) is 0 Å². The first-order valence-corrected chi connectivity index (χ1v) is 14.8. The minimum atomic E-state index is -0.820. The highest BCUT2D eigenvalue weighted by molar-refractivity contribution is 6.59. The summed E-state index contributed by atoms with van der Waals surface area (Å²) in [6, 6.07) is 21.9. The average molecular weight is 480 g/mol. The van der Waals surface area contributed by atoms with Gasteiger partial charge >= 0.3 is 0 Å². The Morgan fingerprint density at radius 3 is 2.21 bits per heavy atom. The van der Waals surface area contributed by atoms with Crippen molar-refractivity contribution in [1.82, 2.24) is 0 Å². The standard InChI is InChI=1S/C30H34F3Si/c1-2-3-4-18-34-19-16-25(17-20-34)27-7-5-6-26(30(27)33)24-13-10-22(11-14-24)8-9-23-12-15-28(31)29(32)21-23/h5-7,10-15,21,25H,2-4,8-9,16-20H2,1H3. The molecule has 0 saturated carbocycles. The lowest BCUT2D eigenvalue weighted by atomic mass is 9.90. The van der Waals surface area contributed by atoms with Gasteiger partial charge in [0.25, 0.3) is 0 Å². The summed E-state index contributed by atoms with van der Waals surface area (Å²) in [5.41, 5.74) is 4.30. The van der Waals surface area contributed by atoms with E-state index >= 15 is 4.39 Å². The number of hydrogen-bond donors (Lipinski definition) is 0. The fourth-order valence-corrected chi connectivity index (χ4v) is 8.15. The maximum absolute atomic E-state index is 15.6. The van der Waals surface area contributed by atoms with Crippen LogP contribution in [0.15, 0.2) is 60.7 Å². The first-order chi connectivity index (χ1) is 16.5. The molecule has 1 aliphatic heterocycles. The van der Waals surface area contributed by atoms with Gasteiger partial charge in [0.15, 0.2) is 11.6 Å². The Hall–Kier alpha value is -2.33. The SMILES string of the molecule is CCCCC[Si]1CCC(c2cccc(-c3ccc(CCc4ccc(F)c(F)c4)cc3)c2F)CC1. The molecule has 1 fully saturated rings. The maximum Gasteiger partial charge on any atom is 0.159 e. The highest BCUT2D eigenvalue weighted by atomic mass is 28.3. The molecule has 0 aromatic heterocycles. The fourth-order valence-electron chi connectivity index (χ4n) is 5.13. The summed E-state index contributed by atoms with van der Waals surface area (Å²) in [5.74, 6) is -1.35. The van der Waals surface area contributed by atoms with Crippen molar-refractivity contribution in [3.63, 3.8) is 0 Å². The van der Waals surface area contributed by atoms with E-state index in [1.165, 1.54) is 49.5 Å². The molecule has 0 bridgehead atoms. The van der Waals surface area contributed by atoms with E-state index in [1.807, 2.05) is 42.5 Å². The van der Waals surface area contributed by atoms with Gasteiger partial charge in [0.1, 0.15) is 5.82 Å². The van der Waals surface area contributed by atoms with Gasteiger partial charge in [0.05, 0.1) is 0 Å². The van der Waals surface area contributed by atoms with E-state index < -0.39 is 11.6 Å².